The van der Waals surface area contributed by atoms with E-state index in [-0.39, 0.29) is 5.91 Å². The Kier molecular flexibility index (Phi) is 5.07. The highest BCUT2D eigenvalue weighted by molar-refractivity contribution is 7.17. The van der Waals surface area contributed by atoms with Crippen LogP contribution in [0.1, 0.15) is 23.4 Å². The Hall–Kier alpha value is -2.47. The number of amides is 1. The van der Waals surface area contributed by atoms with E-state index in [1.807, 2.05) is 30.0 Å². The molecule has 0 aliphatic carbocycles. The van der Waals surface area contributed by atoms with E-state index in [4.69, 9.17) is 0 Å². The van der Waals surface area contributed by atoms with Gasteiger partial charge in [0.1, 0.15) is 16.5 Å². The molecule has 1 fully saturated rings. The van der Waals surface area contributed by atoms with E-state index < -0.39 is 0 Å². The Morgan fingerprint density at radius 3 is 2.85 bits per heavy atom. The van der Waals surface area contributed by atoms with Gasteiger partial charge in [0.25, 0.3) is 0 Å². The number of nitrogens with zero attached hydrogens (tertiary/aromatic N) is 3. The second-order valence-corrected chi connectivity index (χ2v) is 8.10. The predicted molar refractivity (Wildman–Crippen MR) is 110 cm³/mol. The van der Waals surface area contributed by atoms with Gasteiger partial charge in [-0.25, -0.2) is 9.97 Å². The molecule has 5 nitrogen and oxygen atoms in total. The third-order valence-electron chi connectivity index (χ3n) is 5.10. The highest BCUT2D eigenvalue weighted by Gasteiger charge is 2.29. The highest BCUT2D eigenvalue weighted by Crippen LogP contribution is 2.30. The van der Waals surface area contributed by atoms with Gasteiger partial charge < -0.3 is 10.2 Å². The third kappa shape index (κ3) is 3.95. The third-order valence-corrected chi connectivity index (χ3v) is 6.09. The molecule has 1 unspecified atom stereocenters. The first kappa shape index (κ1) is 17.9. The SMILES string of the molecule is Cc1nc(NCC2CC(=O)N(CCc3ccccc3)C2)c2c(C)csc2n1. The van der Waals surface area contributed by atoms with Crippen LogP contribution in [-0.2, 0) is 11.2 Å². The molecule has 1 amide bonds. The van der Waals surface area contributed by atoms with Gasteiger partial charge in [0.05, 0.1) is 5.39 Å². The summed E-state index contributed by atoms with van der Waals surface area (Å²) in [6.07, 6.45) is 1.52. The number of aryl methyl sites for hydroxylation is 2. The smallest absolute Gasteiger partial charge is 0.223 e. The number of likely N-dealkylation sites (tertiary alicyclic amines) is 1. The van der Waals surface area contributed by atoms with Crippen molar-refractivity contribution in [3.63, 3.8) is 0 Å². The lowest BCUT2D eigenvalue weighted by Crippen LogP contribution is -2.28. The fourth-order valence-electron chi connectivity index (χ4n) is 3.68. The number of benzene rings is 1. The largest absolute Gasteiger partial charge is 0.369 e. The zero-order chi connectivity index (χ0) is 18.8. The lowest BCUT2D eigenvalue weighted by molar-refractivity contribution is -0.127. The predicted octanol–water partition coefficient (Wildman–Crippen LogP) is 3.81. The molecule has 3 heterocycles. The van der Waals surface area contributed by atoms with E-state index in [2.05, 4.69) is 39.7 Å². The Balaban J connectivity index is 1.37. The van der Waals surface area contributed by atoms with Crippen LogP contribution in [0.15, 0.2) is 35.7 Å². The van der Waals surface area contributed by atoms with Crippen molar-refractivity contribution in [3.05, 3.63) is 52.7 Å². The van der Waals surface area contributed by atoms with Crippen LogP contribution in [0.2, 0.25) is 0 Å². The Labute approximate surface area is 163 Å². The summed E-state index contributed by atoms with van der Waals surface area (Å²) < 4.78 is 0. The molecular weight excluding hydrogens is 356 g/mol. The molecular formula is C21H24N4OS. The first-order valence-corrected chi connectivity index (χ1v) is 10.3. The van der Waals surface area contributed by atoms with E-state index in [0.717, 1.165) is 47.9 Å². The lowest BCUT2D eigenvalue weighted by Gasteiger charge is -2.17. The Morgan fingerprint density at radius 2 is 2.04 bits per heavy atom. The number of fused-ring (bicyclic) bond motifs is 1. The molecule has 0 bridgehead atoms. The molecule has 0 radical (unpaired) electrons. The van der Waals surface area contributed by atoms with Gasteiger partial charge in [-0.15, -0.1) is 11.3 Å². The van der Waals surface area contributed by atoms with E-state index in [9.17, 15) is 4.79 Å². The minimum atomic E-state index is 0.258. The first-order chi connectivity index (χ1) is 13.1. The molecule has 1 saturated heterocycles. The minimum absolute atomic E-state index is 0.258. The van der Waals surface area contributed by atoms with Crippen molar-refractivity contribution >= 4 is 33.3 Å². The Bertz CT molecular complexity index is 953. The Morgan fingerprint density at radius 1 is 1.22 bits per heavy atom. The van der Waals surface area contributed by atoms with Crippen LogP contribution in [0.4, 0.5) is 5.82 Å². The molecule has 1 N–H and O–H groups in total. The summed E-state index contributed by atoms with van der Waals surface area (Å²) in [6, 6.07) is 10.3. The number of hydrogen-bond acceptors (Lipinski definition) is 5. The zero-order valence-electron chi connectivity index (χ0n) is 15.7. The van der Waals surface area contributed by atoms with Gasteiger partial charge in [0.2, 0.25) is 5.91 Å². The van der Waals surface area contributed by atoms with Crippen LogP contribution in [0.3, 0.4) is 0 Å². The van der Waals surface area contributed by atoms with E-state index >= 15 is 0 Å². The first-order valence-electron chi connectivity index (χ1n) is 9.38. The van der Waals surface area contributed by atoms with Crippen LogP contribution >= 0.6 is 11.3 Å². The van der Waals surface area contributed by atoms with Crippen molar-refractivity contribution in [1.29, 1.82) is 0 Å². The van der Waals surface area contributed by atoms with Crippen LogP contribution in [0.5, 0.6) is 0 Å². The number of hydrogen-bond donors (Lipinski definition) is 1. The molecule has 6 heteroatoms. The quantitative estimate of drug-likeness (QED) is 0.706. The van der Waals surface area contributed by atoms with Crippen LogP contribution in [0.25, 0.3) is 10.2 Å². The van der Waals surface area contributed by atoms with Crippen molar-refractivity contribution < 1.29 is 4.79 Å². The van der Waals surface area contributed by atoms with Crippen LogP contribution in [0, 0.1) is 19.8 Å². The monoisotopic (exact) mass is 380 g/mol. The molecule has 0 saturated carbocycles. The molecule has 1 aliphatic heterocycles. The number of thiophene rings is 1. The molecule has 3 aromatic rings. The van der Waals surface area contributed by atoms with Gasteiger partial charge >= 0.3 is 0 Å². The highest BCUT2D eigenvalue weighted by atomic mass is 32.1. The topological polar surface area (TPSA) is 58.1 Å². The average molecular weight is 381 g/mol. The molecule has 2 aromatic heterocycles. The summed E-state index contributed by atoms with van der Waals surface area (Å²) in [5.41, 5.74) is 2.48. The fourth-order valence-corrected chi connectivity index (χ4v) is 4.64. The maximum absolute atomic E-state index is 12.4. The fraction of sp³-hybridized carbons (Fsp3) is 0.381. The maximum atomic E-state index is 12.4. The number of carbonyl (C=O) groups excluding carboxylic acids is 1. The molecule has 140 valence electrons. The summed E-state index contributed by atoms with van der Waals surface area (Å²) in [6.45, 7) is 6.37. The van der Waals surface area contributed by atoms with Gasteiger partial charge in [-0.3, -0.25) is 4.79 Å². The van der Waals surface area contributed by atoms with Gasteiger partial charge in [-0.05, 0) is 36.8 Å². The van der Waals surface area contributed by atoms with Crippen molar-refractivity contribution in [2.75, 3.05) is 25.0 Å². The van der Waals surface area contributed by atoms with Crippen molar-refractivity contribution in [1.82, 2.24) is 14.9 Å². The standard InChI is InChI=1S/C21H24N4OS/c1-14-13-27-21-19(14)20(23-15(2)24-21)22-11-17-10-18(26)25(12-17)9-8-16-6-4-3-5-7-16/h3-7,13,17H,8-12H2,1-2H3,(H,22,23,24). The van der Waals surface area contributed by atoms with Gasteiger partial charge in [0.15, 0.2) is 0 Å². The van der Waals surface area contributed by atoms with Gasteiger partial charge in [-0.1, -0.05) is 30.3 Å². The van der Waals surface area contributed by atoms with Crippen LogP contribution < -0.4 is 5.32 Å². The summed E-state index contributed by atoms with van der Waals surface area (Å²) >= 11 is 1.65. The second-order valence-electron chi connectivity index (χ2n) is 7.24. The summed E-state index contributed by atoms with van der Waals surface area (Å²) in [5, 5.41) is 6.72. The average Bonchev–Trinajstić information content (AvgIpc) is 3.21. The van der Waals surface area contributed by atoms with Gasteiger partial charge in [0, 0.05) is 32.0 Å². The number of carbonyl (C=O) groups is 1. The molecule has 1 aliphatic rings. The summed E-state index contributed by atoms with van der Waals surface area (Å²) in [5.74, 6) is 2.25. The van der Waals surface area contributed by atoms with Crippen molar-refractivity contribution in [2.45, 2.75) is 26.7 Å². The minimum Gasteiger partial charge on any atom is -0.369 e. The lowest BCUT2D eigenvalue weighted by atomic mass is 10.1. The molecule has 4 rings (SSSR count). The summed E-state index contributed by atoms with van der Waals surface area (Å²) in [7, 11) is 0. The number of nitrogens with one attached hydrogen (secondary N) is 1. The number of rotatable bonds is 6. The van der Waals surface area contributed by atoms with Crippen molar-refractivity contribution in [2.24, 2.45) is 5.92 Å². The van der Waals surface area contributed by atoms with Crippen molar-refractivity contribution in [3.8, 4) is 0 Å². The number of anilines is 1. The van der Waals surface area contributed by atoms with Gasteiger partial charge in [-0.2, -0.15) is 0 Å². The number of aromatic nitrogens is 2. The second kappa shape index (κ2) is 7.64. The van der Waals surface area contributed by atoms with Crippen LogP contribution in [-0.4, -0.2) is 40.4 Å². The van der Waals surface area contributed by atoms with E-state index in [1.54, 1.807) is 11.3 Å². The summed E-state index contributed by atoms with van der Waals surface area (Å²) in [4.78, 5) is 24.5. The van der Waals surface area contributed by atoms with E-state index in [0.29, 0.717) is 12.3 Å². The van der Waals surface area contributed by atoms with E-state index in [1.165, 1.54) is 11.1 Å². The molecule has 1 aromatic carbocycles. The normalized spacial score (nSPS) is 17.0. The maximum Gasteiger partial charge on any atom is 0.223 e. The zero-order valence-corrected chi connectivity index (χ0v) is 16.6. The molecule has 27 heavy (non-hydrogen) atoms. The molecule has 1 atom stereocenters. The molecule has 0 spiro atoms.